The number of nitrogens with one attached hydrogen (secondary N) is 1. The molecule has 2 aliphatic rings. The Labute approximate surface area is 77.9 Å². The van der Waals surface area contributed by atoms with E-state index in [0.29, 0.717) is 24.7 Å². The van der Waals surface area contributed by atoms with Gasteiger partial charge in [-0.2, -0.15) is 0 Å². The predicted molar refractivity (Wildman–Crippen MR) is 48.4 cm³/mol. The van der Waals surface area contributed by atoms with Crippen molar-refractivity contribution >= 4 is 12.1 Å². The van der Waals surface area contributed by atoms with Gasteiger partial charge in [0.1, 0.15) is 12.1 Å². The van der Waals surface area contributed by atoms with E-state index in [0.717, 1.165) is 25.5 Å². The molecule has 3 unspecified atom stereocenters. The van der Waals surface area contributed by atoms with Crippen LogP contribution in [0, 0.1) is 5.92 Å². The van der Waals surface area contributed by atoms with Crippen LogP contribution in [0.3, 0.4) is 0 Å². The molecule has 0 saturated carbocycles. The Hall–Kier alpha value is -0.700. The van der Waals surface area contributed by atoms with Crippen molar-refractivity contribution < 1.29 is 9.59 Å². The molecule has 2 saturated heterocycles. The zero-order valence-corrected chi connectivity index (χ0v) is 7.66. The maximum Gasteiger partial charge on any atom is 0.136 e. The number of Topliss-reactive ketones (excluding diaryl/α,β-unsaturated/α-hetero) is 1. The van der Waals surface area contributed by atoms with Gasteiger partial charge >= 0.3 is 0 Å². The van der Waals surface area contributed by atoms with Crippen LogP contribution in [0.4, 0.5) is 0 Å². The highest BCUT2D eigenvalue weighted by molar-refractivity contribution is 5.80. The molecule has 3 heteroatoms. The van der Waals surface area contributed by atoms with Gasteiger partial charge in [-0.05, 0) is 19.3 Å². The normalized spacial score (nSPS) is 39.7. The minimum atomic E-state index is 0.174. The maximum absolute atomic E-state index is 11.3. The third-order valence-corrected chi connectivity index (χ3v) is 3.09. The average Bonchev–Trinajstić information content (AvgIpc) is 2.24. The van der Waals surface area contributed by atoms with Crippen molar-refractivity contribution in [2.24, 2.45) is 5.92 Å². The summed E-state index contributed by atoms with van der Waals surface area (Å²) in [7, 11) is 0. The third kappa shape index (κ3) is 1.97. The summed E-state index contributed by atoms with van der Waals surface area (Å²) in [6.07, 6.45) is 5.12. The number of hydrogen-bond acceptors (Lipinski definition) is 3. The quantitative estimate of drug-likeness (QED) is 0.605. The predicted octanol–water partition coefficient (Wildman–Crippen LogP) is 0.675. The minimum absolute atomic E-state index is 0.174. The lowest BCUT2D eigenvalue weighted by molar-refractivity contribution is -0.121. The van der Waals surface area contributed by atoms with Crippen molar-refractivity contribution in [2.45, 2.75) is 44.2 Å². The molecular formula is C10H15NO2. The van der Waals surface area contributed by atoms with Gasteiger partial charge in [-0.25, -0.2) is 0 Å². The molecular weight excluding hydrogens is 166 g/mol. The van der Waals surface area contributed by atoms with Crippen LogP contribution in [0.5, 0.6) is 0 Å². The maximum atomic E-state index is 11.3. The second-order valence-electron chi connectivity index (χ2n) is 4.22. The van der Waals surface area contributed by atoms with Crippen molar-refractivity contribution in [3.8, 4) is 0 Å². The number of carbonyl (C=O) groups excluding carboxylic acids is 2. The van der Waals surface area contributed by atoms with E-state index >= 15 is 0 Å². The zero-order valence-electron chi connectivity index (χ0n) is 7.66. The SMILES string of the molecule is O=CC1CCC2CC(=O)CC(C1)N2. The molecule has 0 aromatic heterocycles. The van der Waals surface area contributed by atoms with Crippen LogP contribution < -0.4 is 5.32 Å². The van der Waals surface area contributed by atoms with E-state index in [1.807, 2.05) is 0 Å². The fourth-order valence-electron chi connectivity index (χ4n) is 2.44. The zero-order chi connectivity index (χ0) is 9.26. The minimum Gasteiger partial charge on any atom is -0.310 e. The number of piperidine rings is 1. The van der Waals surface area contributed by atoms with Gasteiger partial charge in [-0.15, -0.1) is 0 Å². The number of carbonyl (C=O) groups is 2. The summed E-state index contributed by atoms with van der Waals surface area (Å²) < 4.78 is 0. The lowest BCUT2D eigenvalue weighted by Crippen LogP contribution is -2.44. The fourth-order valence-corrected chi connectivity index (χ4v) is 2.44. The summed E-state index contributed by atoms with van der Waals surface area (Å²) in [5.41, 5.74) is 0. The van der Waals surface area contributed by atoms with Crippen LogP contribution in [0.25, 0.3) is 0 Å². The molecule has 2 bridgehead atoms. The van der Waals surface area contributed by atoms with E-state index in [1.54, 1.807) is 0 Å². The fraction of sp³-hybridized carbons (Fsp3) is 0.800. The molecule has 13 heavy (non-hydrogen) atoms. The smallest absolute Gasteiger partial charge is 0.136 e. The Morgan fingerprint density at radius 1 is 1.23 bits per heavy atom. The number of ketones is 1. The summed E-state index contributed by atoms with van der Waals surface area (Å²) in [6.45, 7) is 0. The lowest BCUT2D eigenvalue weighted by Gasteiger charge is -2.27. The second-order valence-corrected chi connectivity index (χ2v) is 4.22. The van der Waals surface area contributed by atoms with Crippen molar-refractivity contribution in [1.29, 1.82) is 0 Å². The van der Waals surface area contributed by atoms with Gasteiger partial charge in [0.25, 0.3) is 0 Å². The van der Waals surface area contributed by atoms with Gasteiger partial charge in [0.05, 0.1) is 0 Å². The Kier molecular flexibility index (Phi) is 2.44. The Balaban J connectivity index is 2.06. The van der Waals surface area contributed by atoms with E-state index in [9.17, 15) is 9.59 Å². The van der Waals surface area contributed by atoms with Crippen LogP contribution in [-0.4, -0.2) is 24.2 Å². The number of fused-ring (bicyclic) bond motifs is 2. The van der Waals surface area contributed by atoms with Crippen LogP contribution in [0.15, 0.2) is 0 Å². The first kappa shape index (κ1) is 8.88. The van der Waals surface area contributed by atoms with Crippen LogP contribution in [0.2, 0.25) is 0 Å². The molecule has 2 heterocycles. The molecule has 0 spiro atoms. The third-order valence-electron chi connectivity index (χ3n) is 3.09. The average molecular weight is 181 g/mol. The monoisotopic (exact) mass is 181 g/mol. The number of rotatable bonds is 1. The topological polar surface area (TPSA) is 46.2 Å². The molecule has 3 nitrogen and oxygen atoms in total. The van der Waals surface area contributed by atoms with Gasteiger partial charge in [0.15, 0.2) is 0 Å². The van der Waals surface area contributed by atoms with Crippen molar-refractivity contribution in [2.75, 3.05) is 0 Å². The summed E-state index contributed by atoms with van der Waals surface area (Å²) >= 11 is 0. The molecule has 1 N–H and O–H groups in total. The summed E-state index contributed by atoms with van der Waals surface area (Å²) in [5, 5.41) is 3.43. The Morgan fingerprint density at radius 3 is 2.77 bits per heavy atom. The van der Waals surface area contributed by atoms with E-state index in [2.05, 4.69) is 5.32 Å². The molecule has 0 radical (unpaired) electrons. The molecule has 72 valence electrons. The highest BCUT2D eigenvalue weighted by Crippen LogP contribution is 2.25. The molecule has 2 aliphatic heterocycles. The van der Waals surface area contributed by atoms with E-state index < -0.39 is 0 Å². The van der Waals surface area contributed by atoms with E-state index in [4.69, 9.17) is 0 Å². The van der Waals surface area contributed by atoms with E-state index in [-0.39, 0.29) is 12.0 Å². The van der Waals surface area contributed by atoms with Crippen LogP contribution >= 0.6 is 0 Å². The van der Waals surface area contributed by atoms with E-state index in [1.165, 1.54) is 0 Å². The number of aldehydes is 1. The van der Waals surface area contributed by atoms with Crippen molar-refractivity contribution in [1.82, 2.24) is 5.32 Å². The summed E-state index contributed by atoms with van der Waals surface area (Å²) in [6, 6.07) is 0.611. The molecule has 2 fully saturated rings. The molecule has 0 aliphatic carbocycles. The first-order valence-electron chi connectivity index (χ1n) is 5.01. The van der Waals surface area contributed by atoms with Gasteiger partial charge in [0.2, 0.25) is 0 Å². The van der Waals surface area contributed by atoms with Gasteiger partial charge in [0, 0.05) is 30.8 Å². The standard InChI is InChI=1S/C10H15NO2/c12-6-7-1-2-8-4-10(13)5-9(3-7)11-8/h6-9,11H,1-5H2. The highest BCUT2D eigenvalue weighted by Gasteiger charge is 2.31. The summed E-state index contributed by atoms with van der Waals surface area (Å²) in [4.78, 5) is 22.0. The molecule has 0 aromatic rings. The Morgan fingerprint density at radius 2 is 2.00 bits per heavy atom. The molecule has 0 aromatic carbocycles. The largest absolute Gasteiger partial charge is 0.310 e. The molecule has 0 amide bonds. The first-order valence-corrected chi connectivity index (χ1v) is 5.01. The molecule has 3 atom stereocenters. The summed E-state index contributed by atoms with van der Waals surface area (Å²) in [5.74, 6) is 0.536. The van der Waals surface area contributed by atoms with Crippen LogP contribution in [0.1, 0.15) is 32.1 Å². The Bertz CT molecular complexity index is 227. The second kappa shape index (κ2) is 3.58. The highest BCUT2D eigenvalue weighted by atomic mass is 16.1. The van der Waals surface area contributed by atoms with Gasteiger partial charge < -0.3 is 10.1 Å². The number of hydrogen-bond donors (Lipinski definition) is 1. The first-order chi connectivity index (χ1) is 6.28. The van der Waals surface area contributed by atoms with Gasteiger partial charge in [-0.3, -0.25) is 4.79 Å². The van der Waals surface area contributed by atoms with Crippen molar-refractivity contribution in [3.63, 3.8) is 0 Å². The molecule has 2 rings (SSSR count). The lowest BCUT2D eigenvalue weighted by atomic mass is 9.95. The van der Waals surface area contributed by atoms with Gasteiger partial charge in [-0.1, -0.05) is 0 Å². The van der Waals surface area contributed by atoms with Crippen molar-refractivity contribution in [3.05, 3.63) is 0 Å². The van der Waals surface area contributed by atoms with Crippen LogP contribution in [-0.2, 0) is 9.59 Å².